The topological polar surface area (TPSA) is 78.9 Å². The minimum Gasteiger partial charge on any atom is -0.482 e. The molecule has 2 amide bonds. The Hall–Kier alpha value is -3.06. The lowest BCUT2D eigenvalue weighted by molar-refractivity contribution is -0.142. The Morgan fingerprint density at radius 2 is 1.60 bits per heavy atom. The van der Waals surface area contributed by atoms with Crippen LogP contribution in [0.25, 0.3) is 0 Å². The lowest BCUT2D eigenvalue weighted by atomic mass is 10.0. The lowest BCUT2D eigenvalue weighted by Crippen LogP contribution is -2.51. The van der Waals surface area contributed by atoms with Crippen LogP contribution in [-0.2, 0) is 22.6 Å². The van der Waals surface area contributed by atoms with Gasteiger partial charge in [-0.1, -0.05) is 77.8 Å². The molecular weight excluding hydrogens is 487 g/mol. The third kappa shape index (κ3) is 8.28. The zero-order chi connectivity index (χ0) is 25.0. The molecule has 0 aliphatic carbocycles. The fourth-order valence-corrected chi connectivity index (χ4v) is 3.85. The molecule has 0 fully saturated rings. The van der Waals surface area contributed by atoms with Crippen molar-refractivity contribution in [2.75, 3.05) is 19.8 Å². The second kappa shape index (κ2) is 13.7. The molecule has 6 nitrogen and oxygen atoms in total. The summed E-state index contributed by atoms with van der Waals surface area (Å²) < 4.78 is 5.71. The first-order valence-corrected chi connectivity index (χ1v) is 12.1. The van der Waals surface area contributed by atoms with Crippen LogP contribution in [0, 0.1) is 0 Å². The number of nitrogens with one attached hydrogen (secondary N) is 1. The maximum atomic E-state index is 13.5. The molecule has 35 heavy (non-hydrogen) atoms. The molecule has 0 saturated heterocycles. The molecule has 8 heteroatoms. The molecular formula is C27H28Cl2N2O4. The summed E-state index contributed by atoms with van der Waals surface area (Å²) in [5.74, 6) is -0.276. The van der Waals surface area contributed by atoms with E-state index in [1.54, 1.807) is 36.4 Å². The van der Waals surface area contributed by atoms with Gasteiger partial charge in [-0.15, -0.1) is 0 Å². The molecule has 0 unspecified atom stereocenters. The number of benzene rings is 3. The molecule has 0 aromatic heterocycles. The Balaban J connectivity index is 1.88. The molecule has 3 rings (SSSR count). The van der Waals surface area contributed by atoms with Gasteiger partial charge in [-0.2, -0.15) is 0 Å². The van der Waals surface area contributed by atoms with Crippen molar-refractivity contribution in [3.8, 4) is 5.75 Å². The van der Waals surface area contributed by atoms with E-state index >= 15 is 0 Å². The quantitative estimate of drug-likeness (QED) is 0.348. The van der Waals surface area contributed by atoms with Crippen LogP contribution in [0.5, 0.6) is 5.75 Å². The Labute approximate surface area is 215 Å². The maximum absolute atomic E-state index is 13.5. The van der Waals surface area contributed by atoms with E-state index in [0.717, 1.165) is 11.1 Å². The summed E-state index contributed by atoms with van der Waals surface area (Å²) in [6.45, 7) is 0.168. The van der Waals surface area contributed by atoms with Gasteiger partial charge in [-0.3, -0.25) is 9.59 Å². The molecule has 184 valence electrons. The number of aliphatic hydroxyl groups excluding tert-OH is 1. The van der Waals surface area contributed by atoms with E-state index < -0.39 is 6.04 Å². The van der Waals surface area contributed by atoms with Crippen LogP contribution in [0.2, 0.25) is 10.0 Å². The van der Waals surface area contributed by atoms with Crippen molar-refractivity contribution >= 4 is 35.0 Å². The summed E-state index contributed by atoms with van der Waals surface area (Å²) in [6, 6.07) is 22.7. The molecule has 2 N–H and O–H groups in total. The molecule has 1 atom stereocenters. The van der Waals surface area contributed by atoms with Crippen molar-refractivity contribution in [3.05, 3.63) is 100 Å². The highest BCUT2D eigenvalue weighted by Crippen LogP contribution is 2.23. The predicted molar refractivity (Wildman–Crippen MR) is 138 cm³/mol. The number of hydrogen-bond donors (Lipinski definition) is 2. The van der Waals surface area contributed by atoms with Gasteiger partial charge in [-0.05, 0) is 41.8 Å². The largest absolute Gasteiger partial charge is 0.482 e. The Morgan fingerprint density at radius 1 is 0.914 bits per heavy atom. The minimum atomic E-state index is -0.797. The summed E-state index contributed by atoms with van der Waals surface area (Å²) >= 11 is 12.2. The van der Waals surface area contributed by atoms with E-state index in [1.165, 1.54) is 4.90 Å². The van der Waals surface area contributed by atoms with E-state index in [4.69, 9.17) is 33.0 Å². The van der Waals surface area contributed by atoms with Crippen molar-refractivity contribution < 1.29 is 19.4 Å². The van der Waals surface area contributed by atoms with Gasteiger partial charge >= 0.3 is 0 Å². The number of carbonyl (C=O) groups is 2. The van der Waals surface area contributed by atoms with E-state index in [1.807, 2.05) is 42.5 Å². The fourth-order valence-electron chi connectivity index (χ4n) is 3.53. The van der Waals surface area contributed by atoms with E-state index in [-0.39, 0.29) is 31.6 Å². The smallest absolute Gasteiger partial charge is 0.261 e. The van der Waals surface area contributed by atoms with Gasteiger partial charge in [0, 0.05) is 31.1 Å². The molecule has 0 aliphatic rings. The van der Waals surface area contributed by atoms with Gasteiger partial charge < -0.3 is 20.1 Å². The number of amides is 2. The molecule has 3 aromatic carbocycles. The zero-order valence-electron chi connectivity index (χ0n) is 19.2. The lowest BCUT2D eigenvalue weighted by Gasteiger charge is -2.31. The Bertz CT molecular complexity index is 1090. The van der Waals surface area contributed by atoms with Crippen LogP contribution in [0.3, 0.4) is 0 Å². The number of carbonyl (C=O) groups excluding carboxylic acids is 2. The normalized spacial score (nSPS) is 11.5. The van der Waals surface area contributed by atoms with Gasteiger partial charge in [0.15, 0.2) is 6.61 Å². The molecule has 0 bridgehead atoms. The predicted octanol–water partition coefficient (Wildman–Crippen LogP) is 4.51. The fraction of sp³-hybridized carbons (Fsp3) is 0.259. The number of nitrogens with zero attached hydrogens (tertiary/aromatic N) is 1. The number of aliphatic hydroxyl groups is 1. The van der Waals surface area contributed by atoms with E-state index in [0.29, 0.717) is 35.2 Å². The molecule has 0 radical (unpaired) electrons. The van der Waals surface area contributed by atoms with Crippen LogP contribution in [0.4, 0.5) is 0 Å². The van der Waals surface area contributed by atoms with Crippen molar-refractivity contribution in [3.63, 3.8) is 0 Å². The number of halogens is 2. The van der Waals surface area contributed by atoms with Crippen molar-refractivity contribution in [2.24, 2.45) is 0 Å². The van der Waals surface area contributed by atoms with Gasteiger partial charge in [0.2, 0.25) is 5.91 Å². The van der Waals surface area contributed by atoms with Gasteiger partial charge in [-0.25, -0.2) is 0 Å². The average molecular weight is 515 g/mol. The third-order valence-electron chi connectivity index (χ3n) is 5.36. The monoisotopic (exact) mass is 514 g/mol. The summed E-state index contributed by atoms with van der Waals surface area (Å²) in [4.78, 5) is 28.3. The maximum Gasteiger partial charge on any atom is 0.261 e. The Morgan fingerprint density at radius 3 is 2.29 bits per heavy atom. The van der Waals surface area contributed by atoms with Gasteiger partial charge in [0.25, 0.3) is 5.91 Å². The first-order chi connectivity index (χ1) is 17.0. The number of para-hydroxylation sites is 1. The highest BCUT2D eigenvalue weighted by Gasteiger charge is 2.30. The van der Waals surface area contributed by atoms with Crippen LogP contribution in [-0.4, -0.2) is 47.6 Å². The van der Waals surface area contributed by atoms with Gasteiger partial charge in [0.05, 0.1) is 5.02 Å². The average Bonchev–Trinajstić information content (AvgIpc) is 2.87. The molecule has 0 saturated carbocycles. The summed E-state index contributed by atoms with van der Waals surface area (Å²) in [7, 11) is 0. The van der Waals surface area contributed by atoms with Crippen LogP contribution >= 0.6 is 23.2 Å². The van der Waals surface area contributed by atoms with E-state index in [2.05, 4.69) is 5.32 Å². The zero-order valence-corrected chi connectivity index (χ0v) is 20.7. The number of rotatable bonds is 12. The number of hydrogen-bond acceptors (Lipinski definition) is 4. The highest BCUT2D eigenvalue weighted by atomic mass is 35.5. The van der Waals surface area contributed by atoms with Crippen molar-refractivity contribution in [1.82, 2.24) is 10.2 Å². The van der Waals surface area contributed by atoms with Gasteiger partial charge in [0.1, 0.15) is 11.8 Å². The summed E-state index contributed by atoms with van der Waals surface area (Å²) in [5.41, 5.74) is 1.73. The first-order valence-electron chi connectivity index (χ1n) is 11.3. The highest BCUT2D eigenvalue weighted by molar-refractivity contribution is 6.32. The van der Waals surface area contributed by atoms with Crippen LogP contribution in [0.15, 0.2) is 78.9 Å². The van der Waals surface area contributed by atoms with E-state index in [9.17, 15) is 9.59 Å². The third-order valence-corrected chi connectivity index (χ3v) is 5.92. The summed E-state index contributed by atoms with van der Waals surface area (Å²) in [5, 5.41) is 12.9. The summed E-state index contributed by atoms with van der Waals surface area (Å²) in [6.07, 6.45) is 0.738. The second-order valence-electron chi connectivity index (χ2n) is 7.94. The molecule has 0 spiro atoms. The second-order valence-corrected chi connectivity index (χ2v) is 8.78. The number of ether oxygens (including phenoxy) is 1. The van der Waals surface area contributed by atoms with Crippen molar-refractivity contribution in [2.45, 2.75) is 25.4 Å². The first kappa shape index (κ1) is 26.5. The van der Waals surface area contributed by atoms with Crippen LogP contribution in [0.1, 0.15) is 17.5 Å². The minimum absolute atomic E-state index is 0.0390. The molecule has 3 aromatic rings. The van der Waals surface area contributed by atoms with Crippen molar-refractivity contribution in [1.29, 1.82) is 0 Å². The molecule has 0 aliphatic heterocycles. The Kier molecular flexibility index (Phi) is 10.4. The standard InChI is InChI=1S/C27H28Cl2N2O4/c28-22-13-11-21(12-14-22)18-31(26(33)19-35-25-10-5-4-9-23(25)29)24(27(34)30-15-6-16-32)17-20-7-2-1-3-8-20/h1-5,7-14,24,32H,6,15-19H2,(H,30,34)/t24-/m0/s1. The SMILES string of the molecule is O=C(NCCCO)[C@H](Cc1ccccc1)N(Cc1ccc(Cl)cc1)C(=O)COc1ccccc1Cl. The van der Waals surface area contributed by atoms with Crippen LogP contribution < -0.4 is 10.1 Å². The molecule has 0 heterocycles.